The Labute approximate surface area is 88.8 Å². The van der Waals surface area contributed by atoms with Gasteiger partial charge in [-0.2, -0.15) is 0 Å². The van der Waals surface area contributed by atoms with Crippen molar-refractivity contribution in [2.45, 2.75) is 0 Å². The highest BCUT2D eigenvalue weighted by molar-refractivity contribution is 5.70. The van der Waals surface area contributed by atoms with Crippen molar-refractivity contribution in [1.29, 1.82) is 0 Å². The zero-order valence-corrected chi connectivity index (χ0v) is 8.40. The van der Waals surface area contributed by atoms with Crippen molar-refractivity contribution in [3.63, 3.8) is 0 Å². The molecule has 0 unspecified atom stereocenters. The monoisotopic (exact) mass is 199 g/mol. The first kappa shape index (κ1) is 9.59. The molecule has 1 N–H and O–H groups in total. The highest BCUT2D eigenvalue weighted by Gasteiger charge is 2.03. The van der Waals surface area contributed by atoms with E-state index in [1.54, 1.807) is 25.3 Å². The van der Waals surface area contributed by atoms with Gasteiger partial charge in [0.15, 0.2) is 0 Å². The molecule has 0 amide bonds. The summed E-state index contributed by atoms with van der Waals surface area (Å²) in [6.45, 7) is 0. The number of ether oxygens (including phenoxy) is 1. The minimum atomic E-state index is 0.264. The molecule has 2 aromatic rings. The Kier molecular flexibility index (Phi) is 2.59. The van der Waals surface area contributed by atoms with Crippen molar-refractivity contribution >= 4 is 0 Å². The normalized spacial score (nSPS) is 9.93. The maximum absolute atomic E-state index is 9.19. The van der Waals surface area contributed by atoms with Gasteiger partial charge < -0.3 is 9.84 Å². The van der Waals surface area contributed by atoms with Crippen molar-refractivity contribution in [1.82, 2.24) is 0 Å². The largest absolute Gasteiger partial charge is 0.508 e. The van der Waals surface area contributed by atoms with E-state index in [0.717, 1.165) is 16.9 Å². The predicted molar refractivity (Wildman–Crippen MR) is 58.9 cm³/mol. The van der Waals surface area contributed by atoms with Gasteiger partial charge in [0, 0.05) is 5.56 Å². The lowest BCUT2D eigenvalue weighted by Crippen LogP contribution is -1.86. The van der Waals surface area contributed by atoms with E-state index >= 15 is 0 Å². The molecule has 2 heteroatoms. The molecule has 2 aromatic carbocycles. The van der Waals surface area contributed by atoms with Crippen molar-refractivity contribution in [2.75, 3.05) is 7.11 Å². The van der Waals surface area contributed by atoms with Crippen LogP contribution in [0.4, 0.5) is 0 Å². The van der Waals surface area contributed by atoms with Gasteiger partial charge in [0.05, 0.1) is 7.11 Å². The average molecular weight is 199 g/mol. The molecule has 2 rings (SSSR count). The summed E-state index contributed by atoms with van der Waals surface area (Å²) in [7, 11) is 1.63. The quantitative estimate of drug-likeness (QED) is 0.805. The molecule has 1 radical (unpaired) electrons. The van der Waals surface area contributed by atoms with Crippen molar-refractivity contribution in [2.24, 2.45) is 0 Å². The third-order valence-electron chi connectivity index (χ3n) is 2.22. The van der Waals surface area contributed by atoms with E-state index in [4.69, 9.17) is 4.74 Å². The lowest BCUT2D eigenvalue weighted by molar-refractivity contribution is 0.416. The molecular weight excluding hydrogens is 188 g/mol. The van der Waals surface area contributed by atoms with E-state index in [9.17, 15) is 5.11 Å². The minimum absolute atomic E-state index is 0.264. The lowest BCUT2D eigenvalue weighted by atomic mass is 10.0. The van der Waals surface area contributed by atoms with Crippen molar-refractivity contribution in [3.8, 4) is 22.6 Å². The number of phenolic OH excluding ortho intramolecular Hbond substituents is 1. The first-order valence-corrected chi connectivity index (χ1v) is 4.65. The average Bonchev–Trinajstić information content (AvgIpc) is 2.30. The fourth-order valence-electron chi connectivity index (χ4n) is 1.46. The molecule has 0 aromatic heterocycles. The minimum Gasteiger partial charge on any atom is -0.508 e. The van der Waals surface area contributed by atoms with Gasteiger partial charge in [-0.1, -0.05) is 24.3 Å². The summed E-state index contributed by atoms with van der Waals surface area (Å²) in [6.07, 6.45) is 0. The number of rotatable bonds is 2. The maximum atomic E-state index is 9.19. The van der Waals surface area contributed by atoms with Crippen LogP contribution in [0.5, 0.6) is 11.5 Å². The Morgan fingerprint density at radius 3 is 2.53 bits per heavy atom. The van der Waals surface area contributed by atoms with E-state index in [1.165, 1.54) is 0 Å². The Bertz CT molecular complexity index is 446. The third-order valence-corrected chi connectivity index (χ3v) is 2.22. The fraction of sp³-hybridized carbons (Fsp3) is 0.0769. The van der Waals surface area contributed by atoms with Crippen molar-refractivity contribution in [3.05, 3.63) is 48.5 Å². The number of phenols is 1. The molecule has 0 saturated heterocycles. The van der Waals surface area contributed by atoms with Crippen molar-refractivity contribution < 1.29 is 9.84 Å². The highest BCUT2D eigenvalue weighted by atomic mass is 16.5. The van der Waals surface area contributed by atoms with E-state index in [2.05, 4.69) is 6.07 Å². The summed E-state index contributed by atoms with van der Waals surface area (Å²) >= 11 is 0. The number of aromatic hydroxyl groups is 1. The van der Waals surface area contributed by atoms with Crippen LogP contribution in [0.2, 0.25) is 0 Å². The fourth-order valence-corrected chi connectivity index (χ4v) is 1.46. The molecule has 75 valence electrons. The molecule has 0 heterocycles. The maximum Gasteiger partial charge on any atom is 0.127 e. The summed E-state index contributed by atoms with van der Waals surface area (Å²) in [5, 5.41) is 9.19. The topological polar surface area (TPSA) is 29.5 Å². The summed E-state index contributed by atoms with van der Waals surface area (Å²) in [5.41, 5.74) is 2.01. The molecule has 0 bridgehead atoms. The predicted octanol–water partition coefficient (Wildman–Crippen LogP) is 2.87. The van der Waals surface area contributed by atoms with E-state index < -0.39 is 0 Å². The number of hydrogen-bond acceptors (Lipinski definition) is 2. The summed E-state index contributed by atoms with van der Waals surface area (Å²) < 4.78 is 5.24. The van der Waals surface area contributed by atoms with Crippen LogP contribution in [-0.2, 0) is 0 Å². The zero-order chi connectivity index (χ0) is 10.7. The van der Waals surface area contributed by atoms with Crippen LogP contribution in [0, 0.1) is 6.07 Å². The van der Waals surface area contributed by atoms with Gasteiger partial charge in [0.25, 0.3) is 0 Å². The van der Waals surface area contributed by atoms with Crippen LogP contribution < -0.4 is 4.74 Å². The summed E-state index contributed by atoms with van der Waals surface area (Å²) in [6, 6.07) is 15.6. The molecule has 0 aliphatic carbocycles. The van der Waals surface area contributed by atoms with Gasteiger partial charge >= 0.3 is 0 Å². The molecular formula is C13H11O2. The zero-order valence-electron chi connectivity index (χ0n) is 8.40. The standard InChI is InChI=1S/C13H11O2/c1-15-13-5-3-2-4-12(13)10-6-8-11(14)9-7-10/h2,4-9,14H,1H3. The summed E-state index contributed by atoms with van der Waals surface area (Å²) in [4.78, 5) is 0. The lowest BCUT2D eigenvalue weighted by Gasteiger charge is -2.07. The summed E-state index contributed by atoms with van der Waals surface area (Å²) in [5.74, 6) is 1.04. The SMILES string of the molecule is COc1c[c]ccc1-c1ccc(O)cc1. The first-order chi connectivity index (χ1) is 7.31. The Hall–Kier alpha value is -1.96. The van der Waals surface area contributed by atoms with Crippen LogP contribution in [0.1, 0.15) is 0 Å². The van der Waals surface area contributed by atoms with Gasteiger partial charge in [-0.05, 0) is 29.8 Å². The number of methoxy groups -OCH3 is 1. The van der Waals surface area contributed by atoms with Gasteiger partial charge in [-0.25, -0.2) is 0 Å². The van der Waals surface area contributed by atoms with Crippen LogP contribution in [0.3, 0.4) is 0 Å². The van der Waals surface area contributed by atoms with Crippen LogP contribution in [0.15, 0.2) is 42.5 Å². The third kappa shape index (κ3) is 1.94. The first-order valence-electron chi connectivity index (χ1n) is 4.65. The molecule has 0 spiro atoms. The van der Waals surface area contributed by atoms with Crippen LogP contribution in [0.25, 0.3) is 11.1 Å². The van der Waals surface area contributed by atoms with E-state index in [1.807, 2.05) is 24.3 Å². The van der Waals surface area contributed by atoms with Gasteiger partial charge in [-0.15, -0.1) is 0 Å². The Morgan fingerprint density at radius 2 is 1.87 bits per heavy atom. The second kappa shape index (κ2) is 4.05. The highest BCUT2D eigenvalue weighted by Crippen LogP contribution is 2.29. The molecule has 15 heavy (non-hydrogen) atoms. The van der Waals surface area contributed by atoms with E-state index in [0.29, 0.717) is 0 Å². The Balaban J connectivity index is 2.49. The molecule has 0 aliphatic rings. The number of benzene rings is 2. The smallest absolute Gasteiger partial charge is 0.127 e. The van der Waals surface area contributed by atoms with Gasteiger partial charge in [0.2, 0.25) is 0 Å². The second-order valence-corrected chi connectivity index (χ2v) is 3.17. The molecule has 0 saturated carbocycles. The second-order valence-electron chi connectivity index (χ2n) is 3.17. The van der Waals surface area contributed by atoms with Crippen LogP contribution >= 0.6 is 0 Å². The van der Waals surface area contributed by atoms with Crippen LogP contribution in [-0.4, -0.2) is 12.2 Å². The molecule has 0 aliphatic heterocycles. The molecule has 2 nitrogen and oxygen atoms in total. The Morgan fingerprint density at radius 1 is 1.13 bits per heavy atom. The van der Waals surface area contributed by atoms with E-state index in [-0.39, 0.29) is 5.75 Å². The number of hydrogen-bond donors (Lipinski definition) is 1. The molecule has 0 atom stereocenters. The van der Waals surface area contributed by atoms with Gasteiger partial charge in [0.1, 0.15) is 11.5 Å². The molecule has 0 fully saturated rings. The van der Waals surface area contributed by atoms with Gasteiger partial charge in [-0.3, -0.25) is 0 Å².